The monoisotopic (exact) mass is 245 g/mol. The minimum Gasteiger partial charge on any atom is -0.381 e. The van der Waals surface area contributed by atoms with Crippen LogP contribution in [0.3, 0.4) is 0 Å². The van der Waals surface area contributed by atoms with Gasteiger partial charge in [-0.25, -0.2) is 8.78 Å². The summed E-state index contributed by atoms with van der Waals surface area (Å²) in [5.74, 6) is -2.38. The fourth-order valence-corrected chi connectivity index (χ4v) is 3.23. The number of rotatable bonds is 5. The van der Waals surface area contributed by atoms with Crippen LogP contribution in [0.2, 0.25) is 0 Å². The highest BCUT2D eigenvalue weighted by Gasteiger charge is 2.72. The molecule has 1 atom stereocenters. The van der Waals surface area contributed by atoms with Gasteiger partial charge in [0.15, 0.2) is 0 Å². The van der Waals surface area contributed by atoms with Gasteiger partial charge in [-0.15, -0.1) is 0 Å². The first kappa shape index (κ1) is 11.8. The predicted molar refractivity (Wildman–Crippen MR) is 61.2 cm³/mol. The minimum absolute atomic E-state index is 0.120. The Bertz CT molecular complexity index is 317. The van der Waals surface area contributed by atoms with Crippen molar-refractivity contribution < 1.29 is 13.5 Å². The van der Waals surface area contributed by atoms with Gasteiger partial charge in [-0.3, -0.25) is 0 Å². The third-order valence-corrected chi connectivity index (χ3v) is 4.77. The number of halogens is 2. The average Bonchev–Trinajstić information content (AvgIpc) is 3.06. The Kier molecular flexibility index (Phi) is 2.54. The molecule has 2 aliphatic carbocycles. The van der Waals surface area contributed by atoms with Gasteiger partial charge in [0, 0.05) is 31.5 Å². The Morgan fingerprint density at radius 1 is 1.24 bits per heavy atom. The number of hydrogen-bond acceptors (Lipinski definition) is 2. The maximum Gasteiger partial charge on any atom is 0.255 e. The largest absolute Gasteiger partial charge is 0.381 e. The molecule has 1 saturated heterocycles. The van der Waals surface area contributed by atoms with E-state index >= 15 is 0 Å². The van der Waals surface area contributed by atoms with Gasteiger partial charge in [0.25, 0.3) is 5.92 Å². The highest BCUT2D eigenvalue weighted by molar-refractivity contribution is 5.15. The van der Waals surface area contributed by atoms with Crippen LogP contribution in [0.1, 0.15) is 32.6 Å². The second-order valence-corrected chi connectivity index (χ2v) is 6.26. The first-order valence-corrected chi connectivity index (χ1v) is 6.69. The zero-order chi connectivity index (χ0) is 12.1. The molecule has 0 amide bonds. The van der Waals surface area contributed by atoms with Gasteiger partial charge in [-0.1, -0.05) is 0 Å². The predicted octanol–water partition coefficient (Wildman–Crippen LogP) is 2.53. The lowest BCUT2D eigenvalue weighted by molar-refractivity contribution is 0.0597. The number of ether oxygens (including phenoxy) is 1. The van der Waals surface area contributed by atoms with Gasteiger partial charge in [-0.2, -0.15) is 0 Å². The van der Waals surface area contributed by atoms with Gasteiger partial charge in [0.05, 0.1) is 12.0 Å². The first-order chi connectivity index (χ1) is 8.01. The molecule has 0 aromatic rings. The second-order valence-electron chi connectivity index (χ2n) is 6.26. The highest BCUT2D eigenvalue weighted by atomic mass is 19.3. The molecule has 0 aromatic heterocycles. The molecule has 3 rings (SSSR count). The van der Waals surface area contributed by atoms with Crippen molar-refractivity contribution in [2.24, 2.45) is 10.8 Å². The van der Waals surface area contributed by atoms with Gasteiger partial charge < -0.3 is 9.64 Å². The molecule has 0 radical (unpaired) electrons. The Morgan fingerprint density at radius 2 is 1.94 bits per heavy atom. The van der Waals surface area contributed by atoms with Crippen LogP contribution >= 0.6 is 0 Å². The zero-order valence-corrected chi connectivity index (χ0v) is 10.5. The summed E-state index contributed by atoms with van der Waals surface area (Å²) >= 11 is 0. The summed E-state index contributed by atoms with van der Waals surface area (Å²) in [7, 11) is 0. The molecule has 1 spiro atoms. The average molecular weight is 245 g/mol. The minimum atomic E-state index is -2.38. The van der Waals surface area contributed by atoms with Gasteiger partial charge in [-0.05, 0) is 32.7 Å². The van der Waals surface area contributed by atoms with Crippen LogP contribution in [-0.2, 0) is 4.74 Å². The molecule has 1 heterocycles. The van der Waals surface area contributed by atoms with E-state index in [4.69, 9.17) is 4.74 Å². The molecule has 1 aliphatic heterocycles. The Balaban J connectivity index is 1.51. The molecule has 0 aromatic carbocycles. The van der Waals surface area contributed by atoms with Crippen molar-refractivity contribution in [2.45, 2.75) is 38.5 Å². The van der Waals surface area contributed by atoms with E-state index in [9.17, 15) is 8.78 Å². The van der Waals surface area contributed by atoms with E-state index in [1.807, 2.05) is 6.92 Å². The van der Waals surface area contributed by atoms with Crippen molar-refractivity contribution in [3.63, 3.8) is 0 Å². The van der Waals surface area contributed by atoms with E-state index in [2.05, 4.69) is 4.90 Å². The second kappa shape index (κ2) is 3.64. The lowest BCUT2D eigenvalue weighted by Crippen LogP contribution is -2.32. The van der Waals surface area contributed by atoms with Gasteiger partial charge in [0.1, 0.15) is 0 Å². The fraction of sp³-hybridized carbons (Fsp3) is 1.00. The lowest BCUT2D eigenvalue weighted by Gasteiger charge is -2.23. The summed E-state index contributed by atoms with van der Waals surface area (Å²) in [6.45, 7) is 5.99. The third-order valence-electron chi connectivity index (χ3n) is 4.77. The number of alkyl halides is 2. The molecule has 1 unspecified atom stereocenters. The van der Waals surface area contributed by atoms with Crippen molar-refractivity contribution in [2.75, 3.05) is 32.8 Å². The summed E-state index contributed by atoms with van der Waals surface area (Å²) in [4.78, 5) is 2.24. The molecule has 3 aliphatic rings. The van der Waals surface area contributed by atoms with Crippen molar-refractivity contribution in [3.8, 4) is 0 Å². The van der Waals surface area contributed by atoms with E-state index in [-0.39, 0.29) is 6.42 Å². The Labute approximate surface area is 101 Å². The molecule has 4 heteroatoms. The van der Waals surface area contributed by atoms with Crippen molar-refractivity contribution in [1.29, 1.82) is 0 Å². The summed E-state index contributed by atoms with van der Waals surface area (Å²) in [5.41, 5.74) is -0.347. The van der Waals surface area contributed by atoms with Crippen LogP contribution in [0, 0.1) is 10.8 Å². The SMILES string of the molecule is CCOCC1(CN2CCC3(C2)CC3(F)F)CC1. The van der Waals surface area contributed by atoms with E-state index in [1.165, 1.54) is 12.8 Å². The number of nitrogens with zero attached hydrogens (tertiary/aromatic N) is 1. The Morgan fingerprint density at radius 3 is 2.41 bits per heavy atom. The molecular weight excluding hydrogens is 224 g/mol. The van der Waals surface area contributed by atoms with E-state index in [1.54, 1.807) is 0 Å². The van der Waals surface area contributed by atoms with Crippen LogP contribution in [-0.4, -0.2) is 43.7 Å². The first-order valence-electron chi connectivity index (χ1n) is 6.69. The molecular formula is C13H21F2NO. The smallest absolute Gasteiger partial charge is 0.255 e. The van der Waals surface area contributed by atoms with Crippen molar-refractivity contribution in [1.82, 2.24) is 4.90 Å². The number of likely N-dealkylation sites (tertiary alicyclic amines) is 1. The zero-order valence-electron chi connectivity index (χ0n) is 10.5. The third kappa shape index (κ3) is 1.99. The fourth-order valence-electron chi connectivity index (χ4n) is 3.23. The van der Waals surface area contributed by atoms with Crippen LogP contribution in [0.4, 0.5) is 8.78 Å². The summed E-state index contributed by atoms with van der Waals surface area (Å²) in [5, 5.41) is 0. The highest BCUT2D eigenvalue weighted by Crippen LogP contribution is 2.65. The molecule has 2 nitrogen and oxygen atoms in total. The van der Waals surface area contributed by atoms with Crippen LogP contribution in [0.5, 0.6) is 0 Å². The van der Waals surface area contributed by atoms with Crippen molar-refractivity contribution in [3.05, 3.63) is 0 Å². The lowest BCUT2D eigenvalue weighted by atomic mass is 10.1. The molecule has 0 N–H and O–H groups in total. The van der Waals surface area contributed by atoms with E-state index in [0.29, 0.717) is 18.4 Å². The maximum atomic E-state index is 13.3. The summed E-state index contributed by atoms with van der Waals surface area (Å²) in [6.07, 6.45) is 3.21. The van der Waals surface area contributed by atoms with Crippen molar-refractivity contribution >= 4 is 0 Å². The maximum absolute atomic E-state index is 13.3. The summed E-state index contributed by atoms with van der Waals surface area (Å²) in [6, 6.07) is 0. The molecule has 2 saturated carbocycles. The quantitative estimate of drug-likeness (QED) is 0.738. The standard InChI is InChI=1S/C13H21F2NO/c1-2-17-10-11(3-4-11)8-16-6-5-12(9-16)7-13(12,14)15/h2-10H2,1H3. The molecule has 17 heavy (non-hydrogen) atoms. The van der Waals surface area contributed by atoms with E-state index in [0.717, 1.165) is 26.3 Å². The van der Waals surface area contributed by atoms with Crippen LogP contribution < -0.4 is 0 Å². The normalized spacial score (nSPS) is 37.6. The van der Waals surface area contributed by atoms with Crippen LogP contribution in [0.15, 0.2) is 0 Å². The Hall–Kier alpha value is -0.220. The van der Waals surface area contributed by atoms with E-state index < -0.39 is 11.3 Å². The topological polar surface area (TPSA) is 12.5 Å². The molecule has 3 fully saturated rings. The molecule has 0 bridgehead atoms. The summed E-state index contributed by atoms with van der Waals surface area (Å²) < 4.78 is 32.0. The number of hydrogen-bond donors (Lipinski definition) is 0. The van der Waals surface area contributed by atoms with Gasteiger partial charge in [0.2, 0.25) is 0 Å². The molecule has 98 valence electrons. The van der Waals surface area contributed by atoms with Gasteiger partial charge >= 0.3 is 0 Å². The van der Waals surface area contributed by atoms with Crippen LogP contribution in [0.25, 0.3) is 0 Å².